The van der Waals surface area contributed by atoms with E-state index in [2.05, 4.69) is 5.32 Å². The van der Waals surface area contributed by atoms with Gasteiger partial charge in [-0.3, -0.25) is 9.59 Å². The molecular formula is C34H37N6O7. The van der Waals surface area contributed by atoms with Crippen molar-refractivity contribution in [1.29, 1.82) is 0 Å². The summed E-state index contributed by atoms with van der Waals surface area (Å²) in [5.74, 6) is 1.27. The number of benzene rings is 2. The Hall–Kier alpha value is -5.20. The number of primary amides is 1. The van der Waals surface area contributed by atoms with E-state index in [1.54, 1.807) is 38.5 Å². The third-order valence-electron chi connectivity index (χ3n) is 9.11. The van der Waals surface area contributed by atoms with Gasteiger partial charge in [-0.2, -0.15) is 4.98 Å². The number of urea groups is 2. The minimum absolute atomic E-state index is 0.0274. The van der Waals surface area contributed by atoms with Crippen LogP contribution in [0.15, 0.2) is 48.6 Å². The number of nitrogens with zero attached hydrogens (tertiary/aromatic N) is 4. The number of rotatable bonds is 6. The largest absolute Gasteiger partial charge is 0.497 e. The first-order valence-corrected chi connectivity index (χ1v) is 15.6. The van der Waals surface area contributed by atoms with E-state index < -0.39 is 35.7 Å². The molecule has 3 aromatic rings. The van der Waals surface area contributed by atoms with Gasteiger partial charge in [-0.05, 0) is 69.0 Å². The molecule has 1 saturated heterocycles. The lowest BCUT2D eigenvalue weighted by Crippen LogP contribution is -2.55. The van der Waals surface area contributed by atoms with E-state index in [0.29, 0.717) is 53.9 Å². The molecular weight excluding hydrogens is 604 g/mol. The third-order valence-corrected chi connectivity index (χ3v) is 9.11. The maximum atomic E-state index is 13.8. The molecule has 2 aliphatic heterocycles. The number of hydrogen-bond acceptors (Lipinski definition) is 9. The number of fused-ring (bicyclic) bond motifs is 3. The minimum Gasteiger partial charge on any atom is -0.497 e. The number of ether oxygens (including phenoxy) is 3. The third kappa shape index (κ3) is 6.17. The molecule has 0 spiro atoms. The van der Waals surface area contributed by atoms with E-state index in [4.69, 9.17) is 29.9 Å². The lowest BCUT2D eigenvalue weighted by molar-refractivity contribution is -0.125. The van der Waals surface area contributed by atoms with Gasteiger partial charge in [0.25, 0.3) is 0 Å². The first kappa shape index (κ1) is 31.8. The molecule has 245 valence electrons. The average Bonchev–Trinajstić information content (AvgIpc) is 3.58. The van der Waals surface area contributed by atoms with Crippen molar-refractivity contribution in [3.63, 3.8) is 0 Å². The van der Waals surface area contributed by atoms with Gasteiger partial charge in [-0.1, -0.05) is 12.2 Å². The fraction of sp³-hybridized carbons (Fsp3) is 0.412. The lowest BCUT2D eigenvalue weighted by Gasteiger charge is -2.29. The molecule has 13 nitrogen and oxygen atoms in total. The summed E-state index contributed by atoms with van der Waals surface area (Å²) < 4.78 is 17.4. The highest BCUT2D eigenvalue weighted by Gasteiger charge is 2.56. The molecule has 5 amide bonds. The zero-order valence-corrected chi connectivity index (χ0v) is 26.5. The summed E-state index contributed by atoms with van der Waals surface area (Å²) >= 11 is 0. The Morgan fingerprint density at radius 2 is 1.87 bits per heavy atom. The molecule has 4 unspecified atom stereocenters. The number of hydrogen-bond donors (Lipinski definition) is 2. The number of carbonyl (C=O) groups excluding carboxylic acids is 4. The molecule has 2 aromatic carbocycles. The van der Waals surface area contributed by atoms with Crippen LogP contribution in [0.25, 0.3) is 22.3 Å². The Morgan fingerprint density at radius 1 is 1.09 bits per heavy atom. The molecule has 3 aliphatic rings. The number of nitrogens with one attached hydrogen (secondary N) is 1. The van der Waals surface area contributed by atoms with Crippen molar-refractivity contribution in [1.82, 2.24) is 25.1 Å². The van der Waals surface area contributed by atoms with Crippen molar-refractivity contribution >= 4 is 35.2 Å². The summed E-state index contributed by atoms with van der Waals surface area (Å²) in [5, 5.41) is 3.45. The molecule has 13 heteroatoms. The highest BCUT2D eigenvalue weighted by Crippen LogP contribution is 2.43. The molecule has 3 N–H and O–H groups in total. The van der Waals surface area contributed by atoms with Crippen LogP contribution in [0.3, 0.4) is 0 Å². The fourth-order valence-electron chi connectivity index (χ4n) is 6.32. The second kappa shape index (κ2) is 12.9. The van der Waals surface area contributed by atoms with Crippen LogP contribution in [-0.4, -0.2) is 89.0 Å². The van der Waals surface area contributed by atoms with Crippen LogP contribution in [-0.2, 0) is 9.59 Å². The van der Waals surface area contributed by atoms with Gasteiger partial charge in [0, 0.05) is 30.0 Å². The van der Waals surface area contributed by atoms with Crippen LogP contribution in [0.5, 0.6) is 17.4 Å². The van der Waals surface area contributed by atoms with Crippen molar-refractivity contribution in [2.45, 2.75) is 56.7 Å². The van der Waals surface area contributed by atoms with Gasteiger partial charge in [0.2, 0.25) is 18.1 Å². The van der Waals surface area contributed by atoms with Crippen molar-refractivity contribution in [2.75, 3.05) is 27.3 Å². The Bertz CT molecular complexity index is 1740. The van der Waals surface area contributed by atoms with Gasteiger partial charge in [0.1, 0.15) is 29.2 Å². The molecule has 3 heterocycles. The Morgan fingerprint density at radius 3 is 2.57 bits per heavy atom. The van der Waals surface area contributed by atoms with Gasteiger partial charge < -0.3 is 30.2 Å². The molecule has 1 saturated carbocycles. The number of allylic oxidation sites excluding steroid dienone is 1. The van der Waals surface area contributed by atoms with E-state index in [9.17, 15) is 19.2 Å². The van der Waals surface area contributed by atoms with Crippen LogP contribution in [0.1, 0.15) is 37.7 Å². The first-order chi connectivity index (χ1) is 22.7. The maximum absolute atomic E-state index is 13.8. The second-order valence-corrected chi connectivity index (χ2v) is 12.1. The van der Waals surface area contributed by atoms with Gasteiger partial charge in [-0.15, -0.1) is 0 Å². The number of methoxy groups -OCH3 is 2. The number of amides is 5. The zero-order valence-electron chi connectivity index (χ0n) is 26.5. The quantitative estimate of drug-likeness (QED) is 0.382. The minimum atomic E-state index is -1.15. The van der Waals surface area contributed by atoms with E-state index >= 15 is 0 Å². The summed E-state index contributed by atoms with van der Waals surface area (Å²) in [7, 11) is 3.17. The number of aryl methyl sites for hydroxylation is 1. The smallest absolute Gasteiger partial charge is 0.328 e. The van der Waals surface area contributed by atoms with E-state index in [0.717, 1.165) is 16.0 Å². The molecule has 1 aromatic heterocycles. The van der Waals surface area contributed by atoms with Crippen molar-refractivity contribution < 1.29 is 33.4 Å². The van der Waals surface area contributed by atoms with Gasteiger partial charge in [0.15, 0.2) is 5.82 Å². The summed E-state index contributed by atoms with van der Waals surface area (Å²) in [6.45, 7) is 1.97. The Balaban J connectivity index is 1.36. The zero-order chi connectivity index (χ0) is 33.3. The normalized spacial score (nSPS) is 25.2. The van der Waals surface area contributed by atoms with E-state index in [-0.39, 0.29) is 31.3 Å². The number of nitrogens with two attached hydrogens (primary N) is 1. The molecule has 0 bridgehead atoms. The van der Waals surface area contributed by atoms with E-state index in [1.165, 1.54) is 4.90 Å². The molecule has 1 radical (unpaired) electrons. The second-order valence-electron chi connectivity index (χ2n) is 12.1. The van der Waals surface area contributed by atoms with Crippen LogP contribution < -0.4 is 25.3 Å². The number of aromatic nitrogens is 2. The maximum Gasteiger partial charge on any atom is 0.328 e. The highest BCUT2D eigenvalue weighted by molar-refractivity contribution is 5.97. The Labute approximate surface area is 272 Å². The number of imide groups is 1. The first-order valence-electron chi connectivity index (χ1n) is 15.6. The van der Waals surface area contributed by atoms with Crippen LogP contribution in [0.2, 0.25) is 0 Å². The monoisotopic (exact) mass is 641 g/mol. The van der Waals surface area contributed by atoms with Gasteiger partial charge in [-0.25, -0.2) is 19.5 Å². The van der Waals surface area contributed by atoms with Gasteiger partial charge in [0.05, 0.1) is 31.7 Å². The Kier molecular flexibility index (Phi) is 8.71. The molecule has 1 aliphatic carbocycles. The standard InChI is InChI=1S/C34H37N6O7/c1-20-27(46-3)14-13-25-28(20)36-29(21-9-11-23(45-2)12-10-21)37-31(25)47-24-16-26-30(42)38-34(19-41)17-22(34)8-6-4-5-7-15-39(32(35)43)33(44)40(26)18-24/h6,8-14,22,24,26H,4-5,7,15-18H2,1-3H3,(H2,35,43)(H,38,42)/b8-6+. The molecule has 2 fully saturated rings. The van der Waals surface area contributed by atoms with E-state index in [1.807, 2.05) is 37.5 Å². The summed E-state index contributed by atoms with van der Waals surface area (Å²) in [6, 6.07) is 8.25. The predicted octanol–water partition coefficient (Wildman–Crippen LogP) is 3.67. The topological polar surface area (TPSA) is 166 Å². The summed E-state index contributed by atoms with van der Waals surface area (Å²) in [6.07, 6.45) is 7.63. The molecule has 47 heavy (non-hydrogen) atoms. The van der Waals surface area contributed by atoms with Crippen LogP contribution in [0, 0.1) is 12.8 Å². The van der Waals surface area contributed by atoms with Crippen LogP contribution in [0.4, 0.5) is 9.59 Å². The SMILES string of the molecule is COc1ccc(-c2nc(OC3CC4C(=O)NC5([C]=O)CC5/C=C/CCCCN(C(N)=O)C(=O)N4C3)c3ccc(OC)c(C)c3n2)cc1. The van der Waals surface area contributed by atoms with Crippen LogP contribution >= 0.6 is 0 Å². The molecule has 4 atom stereocenters. The van der Waals surface area contributed by atoms with Gasteiger partial charge >= 0.3 is 12.1 Å². The van der Waals surface area contributed by atoms with Crippen molar-refractivity contribution in [2.24, 2.45) is 11.7 Å². The predicted molar refractivity (Wildman–Crippen MR) is 172 cm³/mol. The van der Waals surface area contributed by atoms with Crippen molar-refractivity contribution in [3.8, 4) is 28.8 Å². The summed E-state index contributed by atoms with van der Waals surface area (Å²) in [5.41, 5.74) is 6.60. The molecule has 6 rings (SSSR count). The fourth-order valence-corrected chi connectivity index (χ4v) is 6.32. The summed E-state index contributed by atoms with van der Waals surface area (Å²) in [4.78, 5) is 63.9. The lowest BCUT2D eigenvalue weighted by atomic mass is 10.1. The average molecular weight is 642 g/mol. The highest BCUT2D eigenvalue weighted by atomic mass is 16.5. The van der Waals surface area contributed by atoms with Crippen molar-refractivity contribution in [3.05, 3.63) is 54.1 Å². The number of carbonyl (C=O) groups is 3.